The van der Waals surface area contributed by atoms with Gasteiger partial charge in [-0.3, -0.25) is 33.4 Å². The van der Waals surface area contributed by atoms with E-state index in [9.17, 15) is 28.0 Å². The van der Waals surface area contributed by atoms with Gasteiger partial charge in [-0.05, 0) is 122 Å². The summed E-state index contributed by atoms with van der Waals surface area (Å²) in [5.74, 6) is 1.12. The number of imidazole rings is 4. The van der Waals surface area contributed by atoms with Gasteiger partial charge in [-0.15, -0.1) is 10.2 Å². The van der Waals surface area contributed by atoms with E-state index in [0.29, 0.717) is 51.5 Å². The Morgan fingerprint density at radius 2 is 1.11 bits per heavy atom. The molecule has 0 bridgehead atoms. The number of nitrogens with one attached hydrogen (secondary N) is 1. The number of carbonyl (C=O) groups excluding carboxylic acids is 3. The van der Waals surface area contributed by atoms with Gasteiger partial charge in [0.05, 0.1) is 48.8 Å². The molecule has 0 saturated heterocycles. The van der Waals surface area contributed by atoms with Crippen LogP contribution < -0.4 is 45.7 Å². The normalized spacial score (nSPS) is 11.5. The number of hydrogen-bond acceptors (Lipinski definition) is 26. The summed E-state index contributed by atoms with van der Waals surface area (Å²) in [6.45, 7) is 33.8. The Labute approximate surface area is 578 Å². The van der Waals surface area contributed by atoms with Crippen LogP contribution in [0.4, 0.5) is 32.2 Å². The molecule has 12 aromatic rings. The third-order valence-electron chi connectivity index (χ3n) is 14.3. The second kappa shape index (κ2) is 34.3. The molecule has 0 atom stereocenters. The van der Waals surface area contributed by atoms with Crippen molar-refractivity contribution < 1.29 is 23.2 Å². The number of nitrogens with two attached hydrogens (primary N) is 7. The summed E-state index contributed by atoms with van der Waals surface area (Å²) in [6, 6.07) is 1.38. The number of fused-ring (bicyclic) bond motifs is 5. The standard InChI is InChI=1S/C10H13N3.C9H12N4.C8H10FN5.C8H9FN4O.C8H12N6.C7H11N3O.2C6H10N4O/c1-6(2)7-3-4-8-9(7)12-5-13-10(8)11;1-6(2)13-5-11-8-4-10-7(3)12-9(8)13;1-4(2)14-7-5(13-8(14)9)6(10)11-3-12-7;1-4(2)13-3-10-5-6(13)11-8(9)12-7(5)14;1-4(2)14-3-11-5-6(9)12-8(10)13-7(5)14;1-5(2)10-4-6(3-9-10)7(8)11;1-4(2)10-3-8-6(9-10)5(7)11;1-4(2)10-3-5(6(7)11)8-9-10/h3,5-6H,4H2,1-2H3,(H2,11,12,13);4-6H,1-3H3;3-4H,1-2H3,(H2,10,11,12);3-4H,1-2H3,(H,11,12,14);3-4H,1-2H3,(H4,9,10,12,13);3-5H,1-2H3,(H2,8,11);2*3-4H,1-2H3,(H2,7,11). The topological polar surface area (TPSA) is 533 Å². The van der Waals surface area contributed by atoms with Crippen molar-refractivity contribution in [2.24, 2.45) is 23.1 Å². The number of primary amides is 3. The van der Waals surface area contributed by atoms with Gasteiger partial charge in [0.15, 0.2) is 51.0 Å². The number of carbonyl (C=O) groups is 3. The van der Waals surface area contributed by atoms with E-state index < -0.39 is 35.4 Å². The van der Waals surface area contributed by atoms with Crippen molar-refractivity contribution in [2.75, 3.05) is 22.9 Å². The van der Waals surface area contributed by atoms with E-state index in [1.807, 2.05) is 110 Å². The molecule has 1 aliphatic rings. The number of allylic oxidation sites excluding steroid dienone is 2. The zero-order valence-corrected chi connectivity index (χ0v) is 59.3. The molecule has 538 valence electrons. The van der Waals surface area contributed by atoms with Crippen LogP contribution in [0.2, 0.25) is 0 Å². The number of hydrogen-bond donors (Lipinski definition) is 8. The van der Waals surface area contributed by atoms with Crippen molar-refractivity contribution in [2.45, 2.75) is 166 Å². The fourth-order valence-corrected chi connectivity index (χ4v) is 8.98. The molecule has 0 unspecified atom stereocenters. The molecule has 12 aromatic heterocycles. The molecule has 1 aliphatic carbocycles. The first kappa shape index (κ1) is 77.8. The highest BCUT2D eigenvalue weighted by atomic mass is 19.1. The monoisotopic (exact) mass is 1400 g/mol. The average Bonchev–Trinajstić information content (AvgIpc) is 1.62. The van der Waals surface area contributed by atoms with Crippen LogP contribution >= 0.6 is 0 Å². The molecular weight excluding hydrogens is 1310 g/mol. The van der Waals surface area contributed by atoms with Crippen LogP contribution in [0.3, 0.4) is 0 Å². The van der Waals surface area contributed by atoms with E-state index in [4.69, 9.17) is 40.1 Å². The molecule has 0 saturated carbocycles. The lowest BCUT2D eigenvalue weighted by atomic mass is 10.0. The minimum atomic E-state index is -0.884. The number of H-pyrrole nitrogens is 1. The summed E-state index contributed by atoms with van der Waals surface area (Å²) >= 11 is 0. The number of anilines is 4. The Morgan fingerprint density at radius 3 is 1.62 bits per heavy atom. The number of aryl methyl sites for hydroxylation is 1. The molecule has 37 nitrogen and oxygen atoms in total. The maximum atomic E-state index is 13.4. The Kier molecular flexibility index (Phi) is 26.4. The van der Waals surface area contributed by atoms with E-state index in [2.05, 4.69) is 124 Å². The lowest BCUT2D eigenvalue weighted by molar-refractivity contribution is 0.0983. The zero-order chi connectivity index (χ0) is 75.0. The third kappa shape index (κ3) is 20.0. The lowest BCUT2D eigenvalue weighted by Gasteiger charge is -2.08. The van der Waals surface area contributed by atoms with Gasteiger partial charge in [0.1, 0.15) is 41.7 Å². The van der Waals surface area contributed by atoms with Crippen molar-refractivity contribution in [1.82, 2.24) is 128 Å². The Morgan fingerprint density at radius 1 is 0.525 bits per heavy atom. The minimum absolute atomic E-state index is 0.0469. The number of amides is 3. The van der Waals surface area contributed by atoms with E-state index in [1.54, 1.807) is 37.3 Å². The summed E-state index contributed by atoms with van der Waals surface area (Å²) < 4.78 is 38.0. The van der Waals surface area contributed by atoms with Crippen LogP contribution in [0.15, 0.2) is 73.6 Å². The molecule has 13 rings (SSSR count). The summed E-state index contributed by atoms with van der Waals surface area (Å²) in [5, 5.41) is 15.1. The molecule has 0 fully saturated rings. The molecule has 39 heteroatoms. The molecule has 3 amide bonds. The van der Waals surface area contributed by atoms with Gasteiger partial charge in [0.2, 0.25) is 11.8 Å². The maximum Gasteiger partial charge on any atom is 0.291 e. The number of rotatable bonds is 11. The maximum absolute atomic E-state index is 13.4. The molecular formula is C62H87F2N33O4. The molecule has 0 radical (unpaired) electrons. The number of aromatic amines is 1. The SMILES string of the molecule is CC(C)C1=CCc2c(N)ncnc21.CC(C)n1c(F)nc2c(N)ncnc21.CC(C)n1cc(C(N)=O)cn1.CC(C)n1cc(C(N)=O)nn1.CC(C)n1cnc(C(N)=O)n1.CC(C)n1cnc2c(=O)[nH]c(F)nc21.CC(C)n1cnc2c(N)nc(N)nc21.Cc1ncc2ncn(C(C)C)c2n1. The van der Waals surface area contributed by atoms with Crippen molar-refractivity contribution in [3.63, 3.8) is 0 Å². The quantitative estimate of drug-likeness (QED) is 0.0513. The molecule has 12 heterocycles. The summed E-state index contributed by atoms with van der Waals surface area (Å²) in [5.41, 5.74) is 45.2. The molecule has 0 spiro atoms. The van der Waals surface area contributed by atoms with Crippen molar-refractivity contribution in [3.8, 4) is 0 Å². The van der Waals surface area contributed by atoms with Gasteiger partial charge in [-0.1, -0.05) is 25.1 Å². The fourth-order valence-electron chi connectivity index (χ4n) is 8.98. The highest BCUT2D eigenvalue weighted by molar-refractivity contribution is 5.92. The fraction of sp³-hybridized carbons (Fsp3) is 0.419. The van der Waals surface area contributed by atoms with Gasteiger partial charge in [-0.2, -0.15) is 33.8 Å². The number of nitrogens with zero attached hydrogens (tertiary/aromatic N) is 25. The summed E-state index contributed by atoms with van der Waals surface area (Å²) in [6.07, 6.45) is 17.3. The molecule has 101 heavy (non-hydrogen) atoms. The number of nitrogen functional groups attached to an aromatic ring is 4. The van der Waals surface area contributed by atoms with Crippen LogP contribution in [0.25, 0.3) is 50.2 Å². The Balaban J connectivity index is 0.000000182. The third-order valence-corrected chi connectivity index (χ3v) is 14.3. The first-order valence-corrected chi connectivity index (χ1v) is 31.7. The van der Waals surface area contributed by atoms with Gasteiger partial charge in [-0.25, -0.2) is 59.2 Å². The van der Waals surface area contributed by atoms with Gasteiger partial charge < -0.3 is 53.8 Å². The second-order valence-corrected chi connectivity index (χ2v) is 24.6. The number of aromatic nitrogens is 26. The predicted molar refractivity (Wildman–Crippen MR) is 375 cm³/mol. The van der Waals surface area contributed by atoms with Crippen LogP contribution in [0.5, 0.6) is 0 Å². The molecule has 0 aromatic carbocycles. The first-order valence-electron chi connectivity index (χ1n) is 31.7. The van der Waals surface area contributed by atoms with E-state index >= 15 is 0 Å². The van der Waals surface area contributed by atoms with Crippen LogP contribution in [0.1, 0.15) is 202 Å². The summed E-state index contributed by atoms with van der Waals surface area (Å²) in [4.78, 5) is 100. The smallest absolute Gasteiger partial charge is 0.291 e. The lowest BCUT2D eigenvalue weighted by Crippen LogP contribution is -2.14. The van der Waals surface area contributed by atoms with Crippen LogP contribution in [-0.4, -0.2) is 145 Å². The van der Waals surface area contributed by atoms with E-state index in [0.717, 1.165) is 34.7 Å². The van der Waals surface area contributed by atoms with Crippen molar-refractivity contribution in [3.05, 3.63) is 126 Å². The molecule has 15 N–H and O–H groups in total. The minimum Gasteiger partial charge on any atom is -0.383 e. The zero-order valence-electron chi connectivity index (χ0n) is 59.3. The van der Waals surface area contributed by atoms with Crippen LogP contribution in [0, 0.1) is 25.0 Å². The predicted octanol–water partition coefficient (Wildman–Crippen LogP) is 6.39. The van der Waals surface area contributed by atoms with E-state index in [-0.39, 0.29) is 70.7 Å². The largest absolute Gasteiger partial charge is 0.383 e. The highest BCUT2D eigenvalue weighted by Gasteiger charge is 2.21. The van der Waals surface area contributed by atoms with E-state index in [1.165, 1.54) is 47.8 Å². The van der Waals surface area contributed by atoms with Gasteiger partial charge >= 0.3 is 0 Å². The van der Waals surface area contributed by atoms with Gasteiger partial charge in [0, 0.05) is 54.1 Å². The Hall–Kier alpha value is -12.2. The van der Waals surface area contributed by atoms with Gasteiger partial charge in [0.25, 0.3) is 35.4 Å². The van der Waals surface area contributed by atoms with Crippen LogP contribution in [-0.2, 0) is 6.42 Å². The molecule has 0 aliphatic heterocycles. The number of halogens is 2. The van der Waals surface area contributed by atoms with Crippen molar-refractivity contribution in [1.29, 1.82) is 0 Å². The average molecular weight is 1400 g/mol. The summed E-state index contributed by atoms with van der Waals surface area (Å²) in [7, 11) is 0. The highest BCUT2D eigenvalue weighted by Crippen LogP contribution is 2.33. The second-order valence-electron chi connectivity index (χ2n) is 24.6. The first-order chi connectivity index (χ1) is 47.5. The Bertz CT molecular complexity index is 4730. The van der Waals surface area contributed by atoms with Crippen molar-refractivity contribution >= 4 is 91.4 Å².